The molecule has 4 nitrogen and oxygen atoms in total. The zero-order chi connectivity index (χ0) is 12.7. The lowest BCUT2D eigenvalue weighted by Crippen LogP contribution is -2.23. The van der Waals surface area contributed by atoms with Crippen molar-refractivity contribution in [2.24, 2.45) is 5.73 Å². The SMILES string of the molecule is Cc1cc(N(C)CCOCCO)ccc1CN. The number of aliphatic hydroxyl groups excluding tert-OH is 1. The topological polar surface area (TPSA) is 58.7 Å². The van der Waals surface area contributed by atoms with Crippen LogP contribution in [-0.2, 0) is 11.3 Å². The molecule has 1 aromatic carbocycles. The first-order valence-electron chi connectivity index (χ1n) is 5.88. The summed E-state index contributed by atoms with van der Waals surface area (Å²) in [5.74, 6) is 0. The number of benzene rings is 1. The number of rotatable bonds is 7. The monoisotopic (exact) mass is 238 g/mol. The molecule has 1 rings (SSSR count). The van der Waals surface area contributed by atoms with E-state index in [-0.39, 0.29) is 6.61 Å². The second kappa shape index (κ2) is 7.27. The molecular formula is C13H22N2O2. The smallest absolute Gasteiger partial charge is 0.0698 e. The molecule has 0 atom stereocenters. The van der Waals surface area contributed by atoms with Gasteiger partial charge in [0.15, 0.2) is 0 Å². The maximum Gasteiger partial charge on any atom is 0.0698 e. The van der Waals surface area contributed by atoms with E-state index in [0.29, 0.717) is 19.8 Å². The highest BCUT2D eigenvalue weighted by molar-refractivity contribution is 5.50. The summed E-state index contributed by atoms with van der Waals surface area (Å²) >= 11 is 0. The molecule has 0 heterocycles. The first kappa shape index (κ1) is 14.0. The van der Waals surface area contributed by atoms with Gasteiger partial charge < -0.3 is 20.5 Å². The van der Waals surface area contributed by atoms with Crippen molar-refractivity contribution in [1.82, 2.24) is 0 Å². The first-order valence-corrected chi connectivity index (χ1v) is 5.88. The third kappa shape index (κ3) is 4.34. The maximum absolute atomic E-state index is 8.59. The summed E-state index contributed by atoms with van der Waals surface area (Å²) in [7, 11) is 2.03. The Bertz CT molecular complexity index is 342. The molecule has 0 bridgehead atoms. The Morgan fingerprint density at radius 3 is 2.71 bits per heavy atom. The van der Waals surface area contributed by atoms with E-state index in [1.54, 1.807) is 0 Å². The third-order valence-corrected chi connectivity index (χ3v) is 2.79. The fraction of sp³-hybridized carbons (Fsp3) is 0.538. The Hall–Kier alpha value is -1.10. The first-order chi connectivity index (χ1) is 8.19. The van der Waals surface area contributed by atoms with Crippen LogP contribution in [0.1, 0.15) is 11.1 Å². The van der Waals surface area contributed by atoms with Crippen molar-refractivity contribution in [1.29, 1.82) is 0 Å². The summed E-state index contributed by atoms with van der Waals surface area (Å²) < 4.78 is 5.24. The molecule has 17 heavy (non-hydrogen) atoms. The molecule has 0 aliphatic carbocycles. The van der Waals surface area contributed by atoms with Crippen molar-refractivity contribution in [3.8, 4) is 0 Å². The van der Waals surface area contributed by atoms with Gasteiger partial charge in [-0.2, -0.15) is 0 Å². The van der Waals surface area contributed by atoms with Crippen LogP contribution in [0.3, 0.4) is 0 Å². The van der Waals surface area contributed by atoms with Crippen molar-refractivity contribution < 1.29 is 9.84 Å². The van der Waals surface area contributed by atoms with Gasteiger partial charge in [0.25, 0.3) is 0 Å². The number of nitrogens with two attached hydrogens (primary N) is 1. The van der Waals surface area contributed by atoms with Crippen LogP contribution < -0.4 is 10.6 Å². The molecular weight excluding hydrogens is 216 g/mol. The van der Waals surface area contributed by atoms with E-state index in [9.17, 15) is 0 Å². The molecule has 0 amide bonds. The van der Waals surface area contributed by atoms with Gasteiger partial charge in [0, 0.05) is 25.8 Å². The van der Waals surface area contributed by atoms with E-state index in [1.165, 1.54) is 11.1 Å². The Balaban J connectivity index is 2.51. The number of ether oxygens (including phenoxy) is 1. The molecule has 0 aliphatic rings. The quantitative estimate of drug-likeness (QED) is 0.693. The van der Waals surface area contributed by atoms with Crippen molar-refractivity contribution in [3.05, 3.63) is 29.3 Å². The number of aliphatic hydroxyl groups is 1. The van der Waals surface area contributed by atoms with Gasteiger partial charge in [-0.3, -0.25) is 0 Å². The summed E-state index contributed by atoms with van der Waals surface area (Å²) in [6.45, 7) is 4.56. The second-order valence-corrected chi connectivity index (χ2v) is 4.07. The van der Waals surface area contributed by atoms with Crippen LogP contribution >= 0.6 is 0 Å². The van der Waals surface area contributed by atoms with E-state index >= 15 is 0 Å². The van der Waals surface area contributed by atoms with Gasteiger partial charge in [0.2, 0.25) is 0 Å². The van der Waals surface area contributed by atoms with E-state index in [0.717, 1.165) is 12.2 Å². The molecule has 0 fully saturated rings. The van der Waals surface area contributed by atoms with Gasteiger partial charge in [-0.1, -0.05) is 6.07 Å². The van der Waals surface area contributed by atoms with E-state index in [4.69, 9.17) is 15.6 Å². The molecule has 0 aromatic heterocycles. The van der Waals surface area contributed by atoms with E-state index in [2.05, 4.69) is 30.0 Å². The number of likely N-dealkylation sites (N-methyl/N-ethyl adjacent to an activating group) is 1. The lowest BCUT2D eigenvalue weighted by Gasteiger charge is -2.20. The van der Waals surface area contributed by atoms with Crippen molar-refractivity contribution >= 4 is 5.69 Å². The standard InChI is InChI=1S/C13H22N2O2/c1-11-9-13(4-3-12(11)10-14)15(2)5-7-17-8-6-16/h3-4,9,16H,5-8,10,14H2,1-2H3. The van der Waals surface area contributed by atoms with Crippen molar-refractivity contribution in [3.63, 3.8) is 0 Å². The van der Waals surface area contributed by atoms with Crippen LogP contribution in [-0.4, -0.2) is 38.5 Å². The fourth-order valence-corrected chi connectivity index (χ4v) is 1.64. The van der Waals surface area contributed by atoms with Gasteiger partial charge in [-0.15, -0.1) is 0 Å². The van der Waals surface area contributed by atoms with Gasteiger partial charge in [0.05, 0.1) is 19.8 Å². The minimum Gasteiger partial charge on any atom is -0.394 e. The molecule has 4 heteroatoms. The Morgan fingerprint density at radius 1 is 1.35 bits per heavy atom. The van der Waals surface area contributed by atoms with E-state index < -0.39 is 0 Å². The molecule has 0 unspecified atom stereocenters. The molecule has 0 aliphatic heterocycles. The lowest BCUT2D eigenvalue weighted by molar-refractivity contribution is 0.0971. The predicted octanol–water partition coefficient (Wildman–Crippen LogP) is 0.899. The minimum absolute atomic E-state index is 0.0774. The normalized spacial score (nSPS) is 10.6. The van der Waals surface area contributed by atoms with Crippen LogP contribution in [0.15, 0.2) is 18.2 Å². The Kier molecular flexibility index (Phi) is 5.97. The summed E-state index contributed by atoms with van der Waals surface area (Å²) in [5.41, 5.74) is 9.19. The van der Waals surface area contributed by atoms with Crippen molar-refractivity contribution in [2.45, 2.75) is 13.5 Å². The Labute approximate surface area is 103 Å². The maximum atomic E-state index is 8.59. The van der Waals surface area contributed by atoms with Gasteiger partial charge in [0.1, 0.15) is 0 Å². The van der Waals surface area contributed by atoms with Crippen LogP contribution in [0.5, 0.6) is 0 Å². The molecule has 0 saturated carbocycles. The molecule has 0 saturated heterocycles. The molecule has 1 aromatic rings. The Morgan fingerprint density at radius 2 is 2.12 bits per heavy atom. The predicted molar refractivity (Wildman–Crippen MR) is 70.2 cm³/mol. The zero-order valence-corrected chi connectivity index (χ0v) is 10.6. The van der Waals surface area contributed by atoms with Gasteiger partial charge >= 0.3 is 0 Å². The van der Waals surface area contributed by atoms with Gasteiger partial charge in [-0.05, 0) is 30.2 Å². The highest BCUT2D eigenvalue weighted by atomic mass is 16.5. The average Bonchev–Trinajstić information content (AvgIpc) is 2.34. The fourth-order valence-electron chi connectivity index (χ4n) is 1.64. The van der Waals surface area contributed by atoms with Crippen LogP contribution in [0.4, 0.5) is 5.69 Å². The highest BCUT2D eigenvalue weighted by Crippen LogP contribution is 2.17. The number of anilines is 1. The van der Waals surface area contributed by atoms with Gasteiger partial charge in [-0.25, -0.2) is 0 Å². The third-order valence-electron chi connectivity index (χ3n) is 2.79. The lowest BCUT2D eigenvalue weighted by atomic mass is 10.1. The summed E-state index contributed by atoms with van der Waals surface area (Å²) in [5, 5.41) is 8.59. The second-order valence-electron chi connectivity index (χ2n) is 4.07. The minimum atomic E-state index is 0.0774. The van der Waals surface area contributed by atoms with Crippen LogP contribution in [0, 0.1) is 6.92 Å². The van der Waals surface area contributed by atoms with Crippen molar-refractivity contribution in [2.75, 3.05) is 38.3 Å². The molecule has 0 radical (unpaired) electrons. The summed E-state index contributed by atoms with van der Waals surface area (Å²) in [4.78, 5) is 2.13. The number of nitrogens with zero attached hydrogens (tertiary/aromatic N) is 1. The van der Waals surface area contributed by atoms with Crippen LogP contribution in [0.25, 0.3) is 0 Å². The summed E-state index contributed by atoms with van der Waals surface area (Å²) in [6.07, 6.45) is 0. The highest BCUT2D eigenvalue weighted by Gasteiger charge is 2.03. The molecule has 3 N–H and O–H groups in total. The largest absolute Gasteiger partial charge is 0.394 e. The average molecular weight is 238 g/mol. The zero-order valence-electron chi connectivity index (χ0n) is 10.6. The molecule has 96 valence electrons. The van der Waals surface area contributed by atoms with Crippen LogP contribution in [0.2, 0.25) is 0 Å². The molecule has 0 spiro atoms. The number of aryl methyl sites for hydroxylation is 1. The summed E-state index contributed by atoms with van der Waals surface area (Å²) in [6, 6.07) is 6.27. The van der Waals surface area contributed by atoms with E-state index in [1.807, 2.05) is 7.05 Å². The number of hydrogen-bond donors (Lipinski definition) is 2. The number of hydrogen-bond acceptors (Lipinski definition) is 4.